The maximum Gasteiger partial charge on any atom is 0.290 e. The van der Waals surface area contributed by atoms with Crippen LogP contribution in [0, 0.1) is 6.92 Å². The van der Waals surface area contributed by atoms with Crippen LogP contribution in [-0.4, -0.2) is 66.0 Å². The molecule has 7 heteroatoms. The molecule has 2 aliphatic heterocycles. The van der Waals surface area contributed by atoms with E-state index in [0.29, 0.717) is 37.8 Å². The summed E-state index contributed by atoms with van der Waals surface area (Å²) in [5.41, 5.74) is 3.66. The molecule has 0 spiro atoms. The number of rotatable bonds is 7. The zero-order chi connectivity index (χ0) is 25.4. The van der Waals surface area contributed by atoms with E-state index in [0.717, 1.165) is 35.2 Å². The number of aliphatic hydroxyl groups excluding tert-OH is 1. The number of nitrogens with zero attached hydrogens (tertiary/aromatic N) is 2. The Hall–Kier alpha value is -3.42. The van der Waals surface area contributed by atoms with Crippen LogP contribution in [-0.2, 0) is 9.53 Å². The zero-order valence-electron chi connectivity index (χ0n) is 21.0. The van der Waals surface area contributed by atoms with E-state index in [1.54, 1.807) is 11.0 Å². The van der Waals surface area contributed by atoms with Crippen molar-refractivity contribution in [3.05, 3.63) is 82.3 Å². The third-order valence-corrected chi connectivity index (χ3v) is 7.12. The maximum atomic E-state index is 13.8. The van der Waals surface area contributed by atoms with Gasteiger partial charge in [-0.3, -0.25) is 14.5 Å². The second-order valence-corrected chi connectivity index (χ2v) is 9.92. The lowest BCUT2D eigenvalue weighted by molar-refractivity contribution is -0.129. The maximum absolute atomic E-state index is 13.8. The monoisotopic (exact) mass is 488 g/mol. The molecule has 3 heterocycles. The van der Waals surface area contributed by atoms with Crippen molar-refractivity contribution in [3.63, 3.8) is 0 Å². The summed E-state index contributed by atoms with van der Waals surface area (Å²) >= 11 is 0. The molecule has 1 aromatic heterocycles. The Balaban J connectivity index is 1.51. The first-order valence-electron chi connectivity index (χ1n) is 12.5. The SMILES string of the molecule is Cc1ccc2oc(C(=O)C3=C(O)C(=O)N(CCN4CCOCC4)C3c3ccc(C(C)C)cc3)cc2c1. The van der Waals surface area contributed by atoms with Crippen molar-refractivity contribution in [1.29, 1.82) is 0 Å². The van der Waals surface area contributed by atoms with E-state index in [9.17, 15) is 14.7 Å². The largest absolute Gasteiger partial charge is 0.503 e. The standard InChI is InChI=1S/C29H32N2O5/c1-18(2)20-5-7-21(8-6-20)26-25(27(32)24-17-22-16-19(3)4-9-23(22)36-24)28(33)29(34)31(26)11-10-30-12-14-35-15-13-30/h4-9,16-18,26,33H,10-15H2,1-3H3. The number of Topliss-reactive ketones (excluding diaryl/α,β-unsaturated/α-hetero) is 1. The Morgan fingerprint density at radius 2 is 1.78 bits per heavy atom. The summed E-state index contributed by atoms with van der Waals surface area (Å²) in [6.07, 6.45) is 0. The number of aryl methyl sites for hydroxylation is 1. The molecule has 0 aliphatic carbocycles. The van der Waals surface area contributed by atoms with Crippen LogP contribution < -0.4 is 0 Å². The van der Waals surface area contributed by atoms with Crippen LogP contribution in [0.2, 0.25) is 0 Å². The van der Waals surface area contributed by atoms with Gasteiger partial charge in [0.05, 0.1) is 24.8 Å². The number of amides is 1. The van der Waals surface area contributed by atoms with E-state index in [-0.39, 0.29) is 11.3 Å². The molecular formula is C29H32N2O5. The van der Waals surface area contributed by atoms with E-state index >= 15 is 0 Å². The summed E-state index contributed by atoms with van der Waals surface area (Å²) in [5, 5.41) is 11.8. The van der Waals surface area contributed by atoms with Gasteiger partial charge >= 0.3 is 0 Å². The molecule has 1 fully saturated rings. The number of hydrogen-bond donors (Lipinski definition) is 1. The lowest BCUT2D eigenvalue weighted by atomic mass is 9.93. The normalized spacial score (nSPS) is 19.2. The van der Waals surface area contributed by atoms with Crippen LogP contribution in [0.3, 0.4) is 0 Å². The van der Waals surface area contributed by atoms with Crippen molar-refractivity contribution in [3.8, 4) is 0 Å². The summed E-state index contributed by atoms with van der Waals surface area (Å²) in [6.45, 7) is 10.1. The Labute approximate surface area is 210 Å². The zero-order valence-corrected chi connectivity index (χ0v) is 21.0. The molecule has 1 unspecified atom stereocenters. The quantitative estimate of drug-likeness (QED) is 0.482. The van der Waals surface area contributed by atoms with E-state index in [2.05, 4.69) is 18.7 Å². The minimum atomic E-state index is -0.692. The molecule has 36 heavy (non-hydrogen) atoms. The topological polar surface area (TPSA) is 83.2 Å². The van der Waals surface area contributed by atoms with Gasteiger partial charge in [-0.1, -0.05) is 49.7 Å². The second kappa shape index (κ2) is 9.91. The van der Waals surface area contributed by atoms with E-state index in [4.69, 9.17) is 9.15 Å². The first-order chi connectivity index (χ1) is 17.3. The number of ketones is 1. The van der Waals surface area contributed by atoms with E-state index in [1.165, 1.54) is 0 Å². The van der Waals surface area contributed by atoms with Gasteiger partial charge in [-0.15, -0.1) is 0 Å². The number of benzene rings is 2. The van der Waals surface area contributed by atoms with Crippen LogP contribution in [0.4, 0.5) is 0 Å². The summed E-state index contributed by atoms with van der Waals surface area (Å²) in [6, 6.07) is 14.6. The van der Waals surface area contributed by atoms with Gasteiger partial charge < -0.3 is 19.2 Å². The highest BCUT2D eigenvalue weighted by Crippen LogP contribution is 2.40. The molecule has 1 saturated heterocycles. The van der Waals surface area contributed by atoms with Gasteiger partial charge in [0.15, 0.2) is 11.5 Å². The fourth-order valence-electron chi connectivity index (χ4n) is 5.01. The Morgan fingerprint density at radius 1 is 1.06 bits per heavy atom. The van der Waals surface area contributed by atoms with Crippen LogP contribution in [0.5, 0.6) is 0 Å². The Morgan fingerprint density at radius 3 is 2.47 bits per heavy atom. The van der Waals surface area contributed by atoms with E-state index in [1.807, 2.05) is 49.4 Å². The summed E-state index contributed by atoms with van der Waals surface area (Å²) in [7, 11) is 0. The minimum absolute atomic E-state index is 0.0649. The van der Waals surface area contributed by atoms with Crippen LogP contribution in [0.1, 0.15) is 53.1 Å². The van der Waals surface area contributed by atoms with Gasteiger partial charge in [0.25, 0.3) is 5.91 Å². The molecule has 188 valence electrons. The number of aliphatic hydroxyl groups is 1. The molecule has 2 aliphatic rings. The first kappa shape index (κ1) is 24.3. The molecule has 2 aromatic carbocycles. The third-order valence-electron chi connectivity index (χ3n) is 7.12. The molecule has 5 rings (SSSR count). The molecule has 1 amide bonds. The summed E-state index contributed by atoms with van der Waals surface area (Å²) in [5.74, 6) is -1.04. The van der Waals surface area contributed by atoms with Crippen molar-refractivity contribution >= 4 is 22.7 Å². The second-order valence-electron chi connectivity index (χ2n) is 9.92. The molecule has 3 aromatic rings. The molecule has 1 atom stereocenters. The number of morpholine rings is 1. The smallest absolute Gasteiger partial charge is 0.290 e. The molecule has 0 bridgehead atoms. The number of hydrogen-bond acceptors (Lipinski definition) is 6. The molecule has 0 radical (unpaired) electrons. The van der Waals surface area contributed by atoms with E-state index < -0.39 is 23.5 Å². The van der Waals surface area contributed by atoms with Gasteiger partial charge in [-0.25, -0.2) is 0 Å². The van der Waals surface area contributed by atoms with Crippen LogP contribution >= 0.6 is 0 Å². The average molecular weight is 489 g/mol. The van der Waals surface area contributed by atoms with Crippen molar-refractivity contribution < 1.29 is 23.8 Å². The predicted octanol–water partition coefficient (Wildman–Crippen LogP) is 4.78. The highest BCUT2D eigenvalue weighted by atomic mass is 16.5. The van der Waals surface area contributed by atoms with Crippen LogP contribution in [0.15, 0.2) is 64.3 Å². The van der Waals surface area contributed by atoms with Gasteiger partial charge in [0, 0.05) is 31.6 Å². The molecule has 1 N–H and O–H groups in total. The number of furan rings is 1. The van der Waals surface area contributed by atoms with Crippen molar-refractivity contribution in [2.24, 2.45) is 0 Å². The fourth-order valence-corrected chi connectivity index (χ4v) is 5.01. The highest BCUT2D eigenvalue weighted by molar-refractivity contribution is 6.16. The lowest BCUT2D eigenvalue weighted by Gasteiger charge is -2.31. The average Bonchev–Trinajstić information content (AvgIpc) is 3.41. The number of carbonyl (C=O) groups is 2. The minimum Gasteiger partial charge on any atom is -0.503 e. The van der Waals surface area contributed by atoms with Crippen molar-refractivity contribution in [2.75, 3.05) is 39.4 Å². The van der Waals surface area contributed by atoms with Crippen LogP contribution in [0.25, 0.3) is 11.0 Å². The third kappa shape index (κ3) is 4.56. The first-order valence-corrected chi connectivity index (χ1v) is 12.5. The molecule has 7 nitrogen and oxygen atoms in total. The molecular weight excluding hydrogens is 456 g/mol. The number of fused-ring (bicyclic) bond motifs is 1. The predicted molar refractivity (Wildman–Crippen MR) is 137 cm³/mol. The number of ether oxygens (including phenoxy) is 1. The number of carbonyl (C=O) groups excluding carboxylic acids is 2. The fraction of sp³-hybridized carbons (Fsp3) is 0.379. The van der Waals surface area contributed by atoms with Gasteiger partial charge in [0.1, 0.15) is 5.58 Å². The highest BCUT2D eigenvalue weighted by Gasteiger charge is 2.44. The van der Waals surface area contributed by atoms with Crippen molar-refractivity contribution in [1.82, 2.24) is 9.80 Å². The Kier molecular flexibility index (Phi) is 6.69. The van der Waals surface area contributed by atoms with Gasteiger partial charge in [0.2, 0.25) is 5.78 Å². The van der Waals surface area contributed by atoms with Gasteiger partial charge in [-0.2, -0.15) is 0 Å². The summed E-state index contributed by atoms with van der Waals surface area (Å²) in [4.78, 5) is 30.9. The molecule has 0 saturated carbocycles. The van der Waals surface area contributed by atoms with Gasteiger partial charge in [-0.05, 0) is 42.2 Å². The van der Waals surface area contributed by atoms with Crippen molar-refractivity contribution in [2.45, 2.75) is 32.7 Å². The lowest BCUT2D eigenvalue weighted by Crippen LogP contribution is -2.43. The Bertz CT molecular complexity index is 1320. The summed E-state index contributed by atoms with van der Waals surface area (Å²) < 4.78 is 11.3.